The molecule has 2 unspecified atom stereocenters. The molecule has 0 heterocycles. The van der Waals surface area contributed by atoms with Gasteiger partial charge >= 0.3 is 0 Å². The van der Waals surface area contributed by atoms with Gasteiger partial charge in [0.15, 0.2) is 0 Å². The highest BCUT2D eigenvalue weighted by molar-refractivity contribution is 4.64. The lowest BCUT2D eigenvalue weighted by Crippen LogP contribution is -2.17. The summed E-state index contributed by atoms with van der Waals surface area (Å²) in [5.74, 6) is 1.64. The summed E-state index contributed by atoms with van der Waals surface area (Å²) in [4.78, 5) is 0. The third-order valence-electron chi connectivity index (χ3n) is 3.23. The summed E-state index contributed by atoms with van der Waals surface area (Å²) in [6.07, 6.45) is 9.48. The van der Waals surface area contributed by atoms with Crippen LogP contribution in [0.3, 0.4) is 0 Å². The Morgan fingerprint density at radius 2 is 1.79 bits per heavy atom. The van der Waals surface area contributed by atoms with E-state index >= 15 is 0 Å². The molecule has 0 fully saturated rings. The fourth-order valence-electron chi connectivity index (χ4n) is 1.93. The molecule has 0 bridgehead atoms. The molecule has 0 aromatic heterocycles. The number of hydrogen-bond donors (Lipinski definition) is 1. The van der Waals surface area contributed by atoms with Crippen LogP contribution in [0, 0.1) is 11.8 Å². The van der Waals surface area contributed by atoms with E-state index < -0.39 is 0 Å². The van der Waals surface area contributed by atoms with Gasteiger partial charge in [-0.05, 0) is 31.2 Å². The first kappa shape index (κ1) is 14.0. The normalized spacial score (nSPS) is 15.4. The van der Waals surface area contributed by atoms with Crippen molar-refractivity contribution in [3.63, 3.8) is 0 Å². The van der Waals surface area contributed by atoms with Gasteiger partial charge < -0.3 is 5.73 Å². The molecule has 2 atom stereocenters. The largest absolute Gasteiger partial charge is 0.330 e. The van der Waals surface area contributed by atoms with Gasteiger partial charge in [-0.25, -0.2) is 0 Å². The van der Waals surface area contributed by atoms with Crippen LogP contribution in [0.4, 0.5) is 0 Å². The first-order valence-electron chi connectivity index (χ1n) is 6.44. The Labute approximate surface area is 90.5 Å². The minimum Gasteiger partial charge on any atom is -0.330 e. The molecule has 0 aromatic carbocycles. The van der Waals surface area contributed by atoms with E-state index in [0.29, 0.717) is 0 Å². The zero-order chi connectivity index (χ0) is 10.8. The summed E-state index contributed by atoms with van der Waals surface area (Å²) in [5, 5.41) is 0. The van der Waals surface area contributed by atoms with E-state index in [9.17, 15) is 0 Å². The smallest absolute Gasteiger partial charge is 0.00488 e. The van der Waals surface area contributed by atoms with Crippen LogP contribution in [0.2, 0.25) is 0 Å². The lowest BCUT2D eigenvalue weighted by atomic mass is 9.90. The summed E-state index contributed by atoms with van der Waals surface area (Å²) >= 11 is 0. The predicted octanol–water partition coefficient (Wildman–Crippen LogP) is 3.97. The molecule has 0 radical (unpaired) electrons. The van der Waals surface area contributed by atoms with Gasteiger partial charge in [-0.1, -0.05) is 52.9 Å². The van der Waals surface area contributed by atoms with Crippen molar-refractivity contribution >= 4 is 0 Å². The number of hydrogen-bond acceptors (Lipinski definition) is 1. The van der Waals surface area contributed by atoms with Crippen LogP contribution in [-0.4, -0.2) is 6.54 Å². The Bertz CT molecular complexity index is 112. The van der Waals surface area contributed by atoms with Crippen molar-refractivity contribution in [3.8, 4) is 0 Å². The van der Waals surface area contributed by atoms with E-state index in [1.807, 2.05) is 0 Å². The highest BCUT2D eigenvalue weighted by atomic mass is 14.5. The molecule has 14 heavy (non-hydrogen) atoms. The fraction of sp³-hybridized carbons (Fsp3) is 1.00. The standard InChI is InChI=1S/C13H29N/c1-4-6-7-8-9-13(11-14)10-12(3)5-2/h12-13H,4-11,14H2,1-3H3. The fourth-order valence-corrected chi connectivity index (χ4v) is 1.93. The molecule has 0 aliphatic carbocycles. The number of nitrogens with two attached hydrogens (primary N) is 1. The van der Waals surface area contributed by atoms with E-state index in [1.165, 1.54) is 44.9 Å². The van der Waals surface area contributed by atoms with Gasteiger partial charge in [0.25, 0.3) is 0 Å². The monoisotopic (exact) mass is 199 g/mol. The molecule has 0 aromatic rings. The molecular formula is C13H29N. The number of rotatable bonds is 9. The van der Waals surface area contributed by atoms with E-state index in [0.717, 1.165) is 18.4 Å². The second kappa shape index (κ2) is 9.51. The Hall–Kier alpha value is -0.0400. The van der Waals surface area contributed by atoms with Crippen LogP contribution in [-0.2, 0) is 0 Å². The second-order valence-corrected chi connectivity index (χ2v) is 4.70. The topological polar surface area (TPSA) is 26.0 Å². The van der Waals surface area contributed by atoms with Crippen LogP contribution in [0.1, 0.15) is 65.7 Å². The molecule has 0 aliphatic rings. The van der Waals surface area contributed by atoms with Crippen molar-refractivity contribution in [2.75, 3.05) is 6.54 Å². The van der Waals surface area contributed by atoms with Gasteiger partial charge in [-0.15, -0.1) is 0 Å². The van der Waals surface area contributed by atoms with Crippen molar-refractivity contribution in [2.45, 2.75) is 65.7 Å². The van der Waals surface area contributed by atoms with E-state index in [2.05, 4.69) is 20.8 Å². The summed E-state index contributed by atoms with van der Waals surface area (Å²) in [6.45, 7) is 7.76. The minimum absolute atomic E-state index is 0.779. The lowest BCUT2D eigenvalue weighted by Gasteiger charge is -2.18. The molecule has 0 saturated heterocycles. The molecule has 1 nitrogen and oxygen atoms in total. The SMILES string of the molecule is CCCCCCC(CN)CC(C)CC. The van der Waals surface area contributed by atoms with Gasteiger partial charge in [-0.3, -0.25) is 0 Å². The van der Waals surface area contributed by atoms with Crippen molar-refractivity contribution in [3.05, 3.63) is 0 Å². The zero-order valence-electron chi connectivity index (χ0n) is 10.4. The van der Waals surface area contributed by atoms with Crippen LogP contribution in [0.15, 0.2) is 0 Å². The third-order valence-corrected chi connectivity index (χ3v) is 3.23. The van der Waals surface area contributed by atoms with Gasteiger partial charge in [0.05, 0.1) is 0 Å². The Morgan fingerprint density at radius 1 is 1.07 bits per heavy atom. The summed E-state index contributed by atoms with van der Waals surface area (Å²) in [5.41, 5.74) is 5.79. The second-order valence-electron chi connectivity index (χ2n) is 4.70. The number of unbranched alkanes of at least 4 members (excludes halogenated alkanes) is 3. The lowest BCUT2D eigenvalue weighted by molar-refractivity contribution is 0.358. The van der Waals surface area contributed by atoms with E-state index in [1.54, 1.807) is 0 Å². The van der Waals surface area contributed by atoms with Crippen LogP contribution < -0.4 is 5.73 Å². The third kappa shape index (κ3) is 7.37. The molecule has 1 heteroatoms. The first-order chi connectivity index (χ1) is 6.74. The molecule has 0 amide bonds. The van der Waals surface area contributed by atoms with Crippen molar-refractivity contribution in [2.24, 2.45) is 17.6 Å². The van der Waals surface area contributed by atoms with E-state index in [4.69, 9.17) is 5.73 Å². The highest BCUT2D eigenvalue weighted by Gasteiger charge is 2.09. The average Bonchev–Trinajstić information content (AvgIpc) is 2.22. The Balaban J connectivity index is 3.47. The molecule has 86 valence electrons. The maximum atomic E-state index is 5.79. The van der Waals surface area contributed by atoms with Crippen molar-refractivity contribution in [1.82, 2.24) is 0 Å². The molecule has 0 aliphatic heterocycles. The Kier molecular flexibility index (Phi) is 9.49. The maximum Gasteiger partial charge on any atom is -0.00488 e. The molecular weight excluding hydrogens is 170 g/mol. The quantitative estimate of drug-likeness (QED) is 0.559. The first-order valence-corrected chi connectivity index (χ1v) is 6.44. The average molecular weight is 199 g/mol. The summed E-state index contributed by atoms with van der Waals surface area (Å²) in [7, 11) is 0. The molecule has 0 spiro atoms. The van der Waals surface area contributed by atoms with Gasteiger partial charge in [0, 0.05) is 0 Å². The van der Waals surface area contributed by atoms with Crippen molar-refractivity contribution in [1.29, 1.82) is 0 Å². The van der Waals surface area contributed by atoms with Crippen molar-refractivity contribution < 1.29 is 0 Å². The summed E-state index contributed by atoms with van der Waals surface area (Å²) in [6, 6.07) is 0. The van der Waals surface area contributed by atoms with E-state index in [-0.39, 0.29) is 0 Å². The van der Waals surface area contributed by atoms with Crippen LogP contribution >= 0.6 is 0 Å². The summed E-state index contributed by atoms with van der Waals surface area (Å²) < 4.78 is 0. The van der Waals surface area contributed by atoms with Gasteiger partial charge in [-0.2, -0.15) is 0 Å². The highest BCUT2D eigenvalue weighted by Crippen LogP contribution is 2.19. The zero-order valence-corrected chi connectivity index (χ0v) is 10.4. The molecule has 0 rings (SSSR count). The molecule has 2 N–H and O–H groups in total. The Morgan fingerprint density at radius 3 is 2.29 bits per heavy atom. The van der Waals surface area contributed by atoms with Crippen LogP contribution in [0.5, 0.6) is 0 Å². The predicted molar refractivity (Wildman–Crippen MR) is 65.4 cm³/mol. The maximum absolute atomic E-state index is 5.79. The molecule has 0 saturated carbocycles. The van der Waals surface area contributed by atoms with Crippen LogP contribution in [0.25, 0.3) is 0 Å². The minimum atomic E-state index is 0.779. The van der Waals surface area contributed by atoms with Gasteiger partial charge in [0.2, 0.25) is 0 Å². The van der Waals surface area contributed by atoms with Gasteiger partial charge in [0.1, 0.15) is 0 Å².